The number of amides is 1. The smallest absolute Gasteiger partial charge is 0.239 e. The van der Waals surface area contributed by atoms with Crippen LogP contribution in [-0.4, -0.2) is 48.5 Å². The van der Waals surface area contributed by atoms with Gasteiger partial charge in [0.25, 0.3) is 0 Å². The summed E-state index contributed by atoms with van der Waals surface area (Å²) in [4.78, 5) is 20.6. The molecule has 1 saturated heterocycles. The molecule has 1 aliphatic rings. The number of carbonyl (C=O) groups excluding carboxylic acids is 1. The van der Waals surface area contributed by atoms with Crippen molar-refractivity contribution < 1.29 is 4.79 Å². The van der Waals surface area contributed by atoms with Gasteiger partial charge in [-0.1, -0.05) is 29.3 Å². The van der Waals surface area contributed by atoms with Gasteiger partial charge in [-0.2, -0.15) is 0 Å². The van der Waals surface area contributed by atoms with E-state index >= 15 is 0 Å². The van der Waals surface area contributed by atoms with Crippen LogP contribution < -0.4 is 10.2 Å². The zero-order valence-corrected chi connectivity index (χ0v) is 14.6. The lowest BCUT2D eigenvalue weighted by atomic mass is 10.2. The average Bonchev–Trinajstić information content (AvgIpc) is 2.58. The number of pyridine rings is 1. The van der Waals surface area contributed by atoms with Gasteiger partial charge < -0.3 is 10.2 Å². The predicted octanol–water partition coefficient (Wildman–Crippen LogP) is 3.15. The Bertz CT molecular complexity index is 700. The maximum atomic E-state index is 12.1. The van der Waals surface area contributed by atoms with Crippen LogP contribution in [0.3, 0.4) is 0 Å². The monoisotopic (exact) mass is 364 g/mol. The molecule has 0 atom stereocenters. The van der Waals surface area contributed by atoms with Gasteiger partial charge in [-0.05, 0) is 30.3 Å². The molecule has 1 aliphatic heterocycles. The third-order valence-electron chi connectivity index (χ3n) is 3.91. The summed E-state index contributed by atoms with van der Waals surface area (Å²) < 4.78 is 0. The molecule has 0 radical (unpaired) electrons. The summed E-state index contributed by atoms with van der Waals surface area (Å²) in [6.45, 7) is 3.75. The standard InChI is InChI=1S/C17H18Cl2N4O/c18-13-2-1-3-15(10-13)23-8-6-22(7-9-23)12-17(24)21-16-5-4-14(19)11-20-16/h1-5,10-11H,6-9,12H2,(H,20,21,24). The van der Waals surface area contributed by atoms with Crippen molar-refractivity contribution in [3.63, 3.8) is 0 Å². The Kier molecular flexibility index (Phi) is 5.56. The highest BCUT2D eigenvalue weighted by Crippen LogP contribution is 2.20. The minimum atomic E-state index is -0.0685. The Morgan fingerprint density at radius 2 is 1.88 bits per heavy atom. The van der Waals surface area contributed by atoms with Gasteiger partial charge in [-0.25, -0.2) is 4.98 Å². The molecule has 0 bridgehead atoms. The number of carbonyl (C=O) groups is 1. The van der Waals surface area contributed by atoms with E-state index in [1.54, 1.807) is 12.1 Å². The SMILES string of the molecule is O=C(CN1CCN(c2cccc(Cl)c2)CC1)Nc1ccc(Cl)cn1. The fourth-order valence-electron chi connectivity index (χ4n) is 2.67. The van der Waals surface area contributed by atoms with Crippen molar-refractivity contribution in [3.05, 3.63) is 52.6 Å². The molecule has 5 nitrogen and oxygen atoms in total. The van der Waals surface area contributed by atoms with Crippen molar-refractivity contribution in [2.75, 3.05) is 42.9 Å². The van der Waals surface area contributed by atoms with Crippen molar-refractivity contribution in [3.8, 4) is 0 Å². The zero-order valence-electron chi connectivity index (χ0n) is 13.1. The van der Waals surface area contributed by atoms with Gasteiger partial charge in [0.05, 0.1) is 11.6 Å². The normalized spacial score (nSPS) is 15.3. The lowest BCUT2D eigenvalue weighted by Gasteiger charge is -2.35. The molecule has 1 aromatic carbocycles. The molecule has 1 fully saturated rings. The summed E-state index contributed by atoms with van der Waals surface area (Å²) in [5, 5.41) is 4.07. The van der Waals surface area contributed by atoms with Crippen LogP contribution in [-0.2, 0) is 4.79 Å². The fraction of sp³-hybridized carbons (Fsp3) is 0.294. The van der Waals surface area contributed by atoms with Crippen molar-refractivity contribution in [2.45, 2.75) is 0 Å². The largest absolute Gasteiger partial charge is 0.369 e. The van der Waals surface area contributed by atoms with E-state index in [1.165, 1.54) is 6.20 Å². The number of nitrogens with zero attached hydrogens (tertiary/aromatic N) is 3. The van der Waals surface area contributed by atoms with Crippen LogP contribution in [0.4, 0.5) is 11.5 Å². The summed E-state index contributed by atoms with van der Waals surface area (Å²) in [5.41, 5.74) is 1.12. The van der Waals surface area contributed by atoms with E-state index in [9.17, 15) is 4.79 Å². The number of piperazine rings is 1. The molecule has 1 N–H and O–H groups in total. The van der Waals surface area contributed by atoms with Crippen LogP contribution in [0.5, 0.6) is 0 Å². The molecule has 1 aromatic heterocycles. The number of aromatic nitrogens is 1. The van der Waals surface area contributed by atoms with Gasteiger partial charge >= 0.3 is 0 Å². The summed E-state index contributed by atoms with van der Waals surface area (Å²) in [7, 11) is 0. The average molecular weight is 365 g/mol. The maximum Gasteiger partial charge on any atom is 0.239 e. The van der Waals surface area contributed by atoms with E-state index in [0.29, 0.717) is 17.4 Å². The second-order valence-corrected chi connectivity index (χ2v) is 6.53. The molecule has 0 unspecified atom stereocenters. The van der Waals surface area contributed by atoms with Crippen LogP contribution in [0.15, 0.2) is 42.6 Å². The molecule has 0 spiro atoms. The topological polar surface area (TPSA) is 48.5 Å². The predicted molar refractivity (Wildman–Crippen MR) is 98.0 cm³/mol. The van der Waals surface area contributed by atoms with Gasteiger partial charge in [-0.3, -0.25) is 9.69 Å². The highest BCUT2D eigenvalue weighted by molar-refractivity contribution is 6.31. The number of benzene rings is 1. The van der Waals surface area contributed by atoms with E-state index in [2.05, 4.69) is 26.2 Å². The Hall–Kier alpha value is -1.82. The first-order chi connectivity index (χ1) is 11.6. The summed E-state index contributed by atoms with van der Waals surface area (Å²) >= 11 is 11.8. The number of rotatable bonds is 4. The number of hydrogen-bond donors (Lipinski definition) is 1. The lowest BCUT2D eigenvalue weighted by Crippen LogP contribution is -2.48. The third kappa shape index (κ3) is 4.60. The van der Waals surface area contributed by atoms with Crippen molar-refractivity contribution in [2.24, 2.45) is 0 Å². The number of anilines is 2. The Morgan fingerprint density at radius 1 is 1.08 bits per heavy atom. The first-order valence-corrected chi connectivity index (χ1v) is 8.50. The summed E-state index contributed by atoms with van der Waals surface area (Å²) in [6, 6.07) is 11.2. The van der Waals surface area contributed by atoms with Crippen LogP contribution >= 0.6 is 23.2 Å². The van der Waals surface area contributed by atoms with Crippen LogP contribution in [0, 0.1) is 0 Å². The van der Waals surface area contributed by atoms with E-state index in [-0.39, 0.29) is 5.91 Å². The molecule has 2 aromatic rings. The molecule has 1 amide bonds. The van der Waals surface area contributed by atoms with Gasteiger partial charge in [0.2, 0.25) is 5.91 Å². The molecule has 0 aliphatic carbocycles. The fourth-order valence-corrected chi connectivity index (χ4v) is 2.97. The quantitative estimate of drug-likeness (QED) is 0.905. The van der Waals surface area contributed by atoms with Gasteiger partial charge in [0, 0.05) is 43.1 Å². The van der Waals surface area contributed by atoms with Crippen molar-refractivity contribution in [1.82, 2.24) is 9.88 Å². The molecule has 126 valence electrons. The highest BCUT2D eigenvalue weighted by Gasteiger charge is 2.19. The number of halogens is 2. The Morgan fingerprint density at radius 3 is 2.54 bits per heavy atom. The van der Waals surface area contributed by atoms with Gasteiger partial charge in [-0.15, -0.1) is 0 Å². The van der Waals surface area contributed by atoms with Crippen LogP contribution in [0.25, 0.3) is 0 Å². The second kappa shape index (κ2) is 7.83. The van der Waals surface area contributed by atoms with Crippen LogP contribution in [0.2, 0.25) is 10.0 Å². The van der Waals surface area contributed by atoms with Gasteiger partial charge in [0.15, 0.2) is 0 Å². The molecular weight excluding hydrogens is 347 g/mol. The molecule has 24 heavy (non-hydrogen) atoms. The Labute approximate surface area is 151 Å². The molecule has 0 saturated carbocycles. The summed E-state index contributed by atoms with van der Waals surface area (Å²) in [6.07, 6.45) is 1.51. The molecular formula is C17H18Cl2N4O. The zero-order chi connectivity index (χ0) is 16.9. The van der Waals surface area contributed by atoms with Crippen molar-refractivity contribution >= 4 is 40.6 Å². The second-order valence-electron chi connectivity index (χ2n) is 5.65. The third-order valence-corrected chi connectivity index (χ3v) is 4.37. The highest BCUT2D eigenvalue weighted by atomic mass is 35.5. The van der Waals surface area contributed by atoms with E-state index < -0.39 is 0 Å². The van der Waals surface area contributed by atoms with E-state index in [4.69, 9.17) is 23.2 Å². The number of hydrogen-bond acceptors (Lipinski definition) is 4. The van der Waals surface area contributed by atoms with E-state index in [1.807, 2.05) is 18.2 Å². The maximum absolute atomic E-state index is 12.1. The molecule has 3 rings (SSSR count). The lowest BCUT2D eigenvalue weighted by molar-refractivity contribution is -0.117. The Balaban J connectivity index is 1.48. The summed E-state index contributed by atoms with van der Waals surface area (Å²) in [5.74, 6) is 0.447. The first kappa shape index (κ1) is 17.0. The minimum Gasteiger partial charge on any atom is -0.369 e. The van der Waals surface area contributed by atoms with Gasteiger partial charge in [0.1, 0.15) is 5.82 Å². The van der Waals surface area contributed by atoms with Crippen molar-refractivity contribution in [1.29, 1.82) is 0 Å². The minimum absolute atomic E-state index is 0.0685. The molecule has 2 heterocycles. The van der Waals surface area contributed by atoms with Crippen LogP contribution in [0.1, 0.15) is 0 Å². The number of nitrogens with one attached hydrogen (secondary N) is 1. The van der Waals surface area contributed by atoms with E-state index in [0.717, 1.165) is 36.9 Å². The first-order valence-electron chi connectivity index (χ1n) is 7.74. The molecule has 7 heteroatoms.